The first kappa shape index (κ1) is 19.5. The number of non-ortho nitro benzene ring substituents is 1. The molecule has 6 nitrogen and oxygen atoms in total. The molecule has 1 aliphatic heterocycles. The summed E-state index contributed by atoms with van der Waals surface area (Å²) in [5.41, 5.74) is 1.63. The largest absolute Gasteiger partial charge is 0.370 e. The van der Waals surface area contributed by atoms with E-state index < -0.39 is 4.92 Å². The molecule has 1 unspecified atom stereocenters. The van der Waals surface area contributed by atoms with E-state index in [1.165, 1.54) is 6.07 Å². The number of amides is 1. The number of nitrogens with zero attached hydrogens (tertiary/aromatic N) is 2. The van der Waals surface area contributed by atoms with Gasteiger partial charge in [0.15, 0.2) is 0 Å². The van der Waals surface area contributed by atoms with Crippen molar-refractivity contribution in [2.75, 3.05) is 18.0 Å². The van der Waals surface area contributed by atoms with Gasteiger partial charge < -0.3 is 10.2 Å². The number of nitro groups is 1. The number of hydrogen-bond acceptors (Lipinski definition) is 4. The van der Waals surface area contributed by atoms with Gasteiger partial charge in [0.05, 0.1) is 15.6 Å². The normalized spacial score (nSPS) is 16.8. The maximum absolute atomic E-state index is 12.4. The van der Waals surface area contributed by atoms with Gasteiger partial charge in [0, 0.05) is 37.2 Å². The van der Waals surface area contributed by atoms with Crippen LogP contribution in [-0.2, 0) is 4.79 Å². The van der Waals surface area contributed by atoms with E-state index in [9.17, 15) is 14.9 Å². The van der Waals surface area contributed by atoms with Crippen LogP contribution in [0.4, 0.5) is 11.4 Å². The predicted octanol–water partition coefficient (Wildman–Crippen LogP) is 3.93. The lowest BCUT2D eigenvalue weighted by Gasteiger charge is -2.35. The van der Waals surface area contributed by atoms with Crippen LogP contribution in [0.3, 0.4) is 0 Å². The Balaban J connectivity index is 2.03. The average Bonchev–Trinajstić information content (AvgIpc) is 2.54. The fourth-order valence-electron chi connectivity index (χ4n) is 3.10. The van der Waals surface area contributed by atoms with E-state index in [0.29, 0.717) is 24.0 Å². The first-order valence-corrected chi connectivity index (χ1v) is 9.08. The van der Waals surface area contributed by atoms with Gasteiger partial charge in [0.2, 0.25) is 5.91 Å². The minimum absolute atomic E-state index is 0.00295. The summed E-state index contributed by atoms with van der Waals surface area (Å²) >= 11 is 6.29. The molecule has 0 aliphatic carbocycles. The molecule has 1 fully saturated rings. The van der Waals surface area contributed by atoms with Crippen LogP contribution >= 0.6 is 11.6 Å². The zero-order valence-electron chi connectivity index (χ0n) is 15.2. The Morgan fingerprint density at radius 3 is 2.40 bits per heavy atom. The van der Waals surface area contributed by atoms with Crippen molar-refractivity contribution in [2.45, 2.75) is 46.6 Å². The highest BCUT2D eigenvalue weighted by atomic mass is 35.5. The molecule has 1 atom stereocenters. The molecule has 0 bridgehead atoms. The van der Waals surface area contributed by atoms with Gasteiger partial charge in [-0.05, 0) is 38.2 Å². The van der Waals surface area contributed by atoms with Crippen molar-refractivity contribution in [3.05, 3.63) is 32.8 Å². The number of nitro benzene ring substituents is 1. The minimum Gasteiger partial charge on any atom is -0.370 e. The summed E-state index contributed by atoms with van der Waals surface area (Å²) in [5, 5.41) is 14.4. The fraction of sp³-hybridized carbons (Fsp3) is 0.611. The Hall–Kier alpha value is -1.82. The lowest BCUT2D eigenvalue weighted by Crippen LogP contribution is -2.44. The van der Waals surface area contributed by atoms with Gasteiger partial charge in [-0.3, -0.25) is 14.9 Å². The number of aryl methyl sites for hydroxylation is 1. The van der Waals surface area contributed by atoms with E-state index in [-0.39, 0.29) is 23.6 Å². The van der Waals surface area contributed by atoms with Gasteiger partial charge in [-0.2, -0.15) is 0 Å². The van der Waals surface area contributed by atoms with E-state index in [2.05, 4.69) is 24.1 Å². The molecule has 1 aromatic carbocycles. The molecule has 7 heteroatoms. The van der Waals surface area contributed by atoms with Crippen LogP contribution in [0, 0.1) is 28.9 Å². The quantitative estimate of drug-likeness (QED) is 0.631. The first-order chi connectivity index (χ1) is 11.7. The molecule has 25 heavy (non-hydrogen) atoms. The summed E-state index contributed by atoms with van der Waals surface area (Å²) in [6.07, 6.45) is 1.51. The zero-order valence-corrected chi connectivity index (χ0v) is 16.0. The number of anilines is 1. The Bertz CT molecular complexity index is 632. The summed E-state index contributed by atoms with van der Waals surface area (Å²) in [7, 11) is 0. The summed E-state index contributed by atoms with van der Waals surface area (Å²) in [5.74, 6) is 0.535. The zero-order chi connectivity index (χ0) is 18.7. The number of benzene rings is 1. The van der Waals surface area contributed by atoms with Crippen molar-refractivity contribution in [3.8, 4) is 0 Å². The highest BCUT2D eigenvalue weighted by Crippen LogP contribution is 2.36. The number of carbonyl (C=O) groups is 1. The second-order valence-corrected chi connectivity index (χ2v) is 7.56. The number of nitrogens with one attached hydrogen (secondary N) is 1. The van der Waals surface area contributed by atoms with Gasteiger partial charge in [-0.25, -0.2) is 0 Å². The number of rotatable bonds is 5. The smallest absolute Gasteiger partial charge is 0.271 e. The lowest BCUT2D eigenvalue weighted by molar-refractivity contribution is -0.384. The summed E-state index contributed by atoms with van der Waals surface area (Å²) < 4.78 is 0. The van der Waals surface area contributed by atoms with Crippen LogP contribution in [0.2, 0.25) is 5.02 Å². The van der Waals surface area contributed by atoms with Crippen molar-refractivity contribution in [2.24, 2.45) is 11.8 Å². The first-order valence-electron chi connectivity index (χ1n) is 8.70. The van der Waals surface area contributed by atoms with Crippen LogP contribution < -0.4 is 10.2 Å². The Morgan fingerprint density at radius 2 is 1.92 bits per heavy atom. The number of piperidine rings is 1. The molecular weight excluding hydrogens is 342 g/mol. The van der Waals surface area contributed by atoms with E-state index in [1.54, 1.807) is 6.07 Å². The Morgan fingerprint density at radius 1 is 1.32 bits per heavy atom. The molecule has 2 rings (SSSR count). The predicted molar refractivity (Wildman–Crippen MR) is 100 cm³/mol. The van der Waals surface area contributed by atoms with Gasteiger partial charge >= 0.3 is 0 Å². The second-order valence-electron chi connectivity index (χ2n) is 7.15. The number of carbonyl (C=O) groups excluding carboxylic acids is 1. The molecule has 1 amide bonds. The monoisotopic (exact) mass is 367 g/mol. The second kappa shape index (κ2) is 8.04. The molecule has 1 aliphatic rings. The van der Waals surface area contributed by atoms with E-state index in [4.69, 9.17) is 11.6 Å². The maximum Gasteiger partial charge on any atom is 0.271 e. The summed E-state index contributed by atoms with van der Waals surface area (Å²) in [6, 6.07) is 3.11. The molecule has 1 heterocycles. The van der Waals surface area contributed by atoms with Gasteiger partial charge in [-0.1, -0.05) is 25.4 Å². The van der Waals surface area contributed by atoms with E-state index in [0.717, 1.165) is 24.1 Å². The van der Waals surface area contributed by atoms with Crippen LogP contribution in [0.15, 0.2) is 12.1 Å². The molecule has 0 radical (unpaired) electrons. The minimum atomic E-state index is -0.435. The highest BCUT2D eigenvalue weighted by Gasteiger charge is 2.28. The van der Waals surface area contributed by atoms with Crippen LogP contribution in [0.1, 0.15) is 39.2 Å². The number of halogens is 1. The Labute approximate surface area is 153 Å². The van der Waals surface area contributed by atoms with Crippen LogP contribution in [0.25, 0.3) is 0 Å². The topological polar surface area (TPSA) is 75.5 Å². The average molecular weight is 368 g/mol. The van der Waals surface area contributed by atoms with Crippen molar-refractivity contribution in [1.82, 2.24) is 5.32 Å². The molecule has 1 saturated heterocycles. The molecule has 0 saturated carbocycles. The third-order valence-corrected chi connectivity index (χ3v) is 5.29. The standard InChI is InChI=1S/C18H26ClN3O3/c1-11(2)13(4)20-18(23)14-5-7-21(8-6-14)17-12(3)9-15(22(24)25)10-16(17)19/h9-11,13-14H,5-8H2,1-4H3,(H,20,23). The lowest BCUT2D eigenvalue weighted by atomic mass is 9.94. The van der Waals surface area contributed by atoms with Gasteiger partial charge in [0.25, 0.3) is 5.69 Å². The van der Waals surface area contributed by atoms with Crippen molar-refractivity contribution in [3.63, 3.8) is 0 Å². The molecule has 1 aromatic rings. The van der Waals surface area contributed by atoms with Gasteiger partial charge in [0.1, 0.15) is 0 Å². The molecule has 138 valence electrons. The van der Waals surface area contributed by atoms with E-state index in [1.807, 2.05) is 13.8 Å². The van der Waals surface area contributed by atoms with E-state index >= 15 is 0 Å². The molecule has 0 aromatic heterocycles. The molecule has 0 spiro atoms. The summed E-state index contributed by atoms with van der Waals surface area (Å²) in [4.78, 5) is 25.0. The third kappa shape index (κ3) is 4.63. The van der Waals surface area contributed by atoms with Crippen molar-refractivity contribution < 1.29 is 9.72 Å². The molecule has 1 N–H and O–H groups in total. The van der Waals surface area contributed by atoms with Crippen molar-refractivity contribution >= 4 is 28.9 Å². The SMILES string of the molecule is Cc1cc([N+](=O)[O-])cc(Cl)c1N1CCC(C(=O)NC(C)C(C)C)CC1. The summed E-state index contributed by atoms with van der Waals surface area (Å²) in [6.45, 7) is 9.47. The van der Waals surface area contributed by atoms with Crippen LogP contribution in [-0.4, -0.2) is 30.0 Å². The van der Waals surface area contributed by atoms with Crippen LogP contribution in [0.5, 0.6) is 0 Å². The maximum atomic E-state index is 12.4. The molecular formula is C18H26ClN3O3. The fourth-order valence-corrected chi connectivity index (χ4v) is 3.48. The highest BCUT2D eigenvalue weighted by molar-refractivity contribution is 6.33. The Kier molecular flexibility index (Phi) is 6.27. The van der Waals surface area contributed by atoms with Gasteiger partial charge in [-0.15, -0.1) is 0 Å². The third-order valence-electron chi connectivity index (χ3n) is 5.00. The van der Waals surface area contributed by atoms with Crippen molar-refractivity contribution in [1.29, 1.82) is 0 Å². The number of hydrogen-bond donors (Lipinski definition) is 1.